The molecule has 1 aliphatic rings. The Morgan fingerprint density at radius 3 is 2.85 bits per heavy atom. The first-order valence-electron chi connectivity index (χ1n) is 9.45. The Balaban J connectivity index is 1.36. The van der Waals surface area contributed by atoms with Crippen LogP contribution in [0.15, 0.2) is 48.5 Å². The van der Waals surface area contributed by atoms with E-state index in [1.54, 1.807) is 12.1 Å². The fourth-order valence-corrected chi connectivity index (χ4v) is 3.42. The molecule has 1 heterocycles. The molecule has 6 heteroatoms. The van der Waals surface area contributed by atoms with Crippen molar-refractivity contribution in [3.63, 3.8) is 0 Å². The summed E-state index contributed by atoms with van der Waals surface area (Å²) < 4.78 is 0. The maximum atomic E-state index is 11.9. The van der Waals surface area contributed by atoms with Gasteiger partial charge in [0.25, 0.3) is 0 Å². The van der Waals surface area contributed by atoms with Crippen LogP contribution in [-0.2, 0) is 6.42 Å². The van der Waals surface area contributed by atoms with E-state index < -0.39 is 6.10 Å². The molecular weight excluding hydrogens is 342 g/mol. The Morgan fingerprint density at radius 2 is 2.00 bits per heavy atom. The van der Waals surface area contributed by atoms with Crippen LogP contribution in [0.1, 0.15) is 30.1 Å². The van der Waals surface area contributed by atoms with Crippen LogP contribution in [0.5, 0.6) is 5.75 Å². The number of fused-ring (bicyclic) bond motifs is 1. The van der Waals surface area contributed by atoms with Gasteiger partial charge in [0.05, 0.1) is 6.10 Å². The van der Waals surface area contributed by atoms with Gasteiger partial charge in [0, 0.05) is 31.9 Å². The van der Waals surface area contributed by atoms with Crippen molar-refractivity contribution in [2.75, 3.05) is 31.1 Å². The quantitative estimate of drug-likeness (QED) is 0.565. The highest BCUT2D eigenvalue weighted by Gasteiger charge is 2.15. The lowest BCUT2D eigenvalue weighted by Gasteiger charge is -2.31. The Morgan fingerprint density at radius 1 is 1.15 bits per heavy atom. The van der Waals surface area contributed by atoms with Gasteiger partial charge in [0.2, 0.25) is 0 Å². The molecule has 0 aromatic heterocycles. The van der Waals surface area contributed by atoms with Crippen molar-refractivity contribution in [2.45, 2.75) is 25.4 Å². The molecule has 0 fully saturated rings. The third-order valence-corrected chi connectivity index (χ3v) is 4.81. The fourth-order valence-electron chi connectivity index (χ4n) is 3.42. The highest BCUT2D eigenvalue weighted by molar-refractivity contribution is 5.73. The van der Waals surface area contributed by atoms with E-state index in [2.05, 4.69) is 39.8 Å². The van der Waals surface area contributed by atoms with Crippen LogP contribution in [0, 0.1) is 0 Å². The molecule has 0 unspecified atom stereocenters. The Labute approximate surface area is 159 Å². The zero-order chi connectivity index (χ0) is 19.1. The lowest BCUT2D eigenvalue weighted by Crippen LogP contribution is -2.39. The van der Waals surface area contributed by atoms with Crippen LogP contribution in [0.2, 0.25) is 0 Å². The second-order valence-electron chi connectivity index (χ2n) is 6.82. The number of nitrogens with zero attached hydrogens (tertiary/aromatic N) is 1. The van der Waals surface area contributed by atoms with E-state index in [0.29, 0.717) is 12.1 Å². The van der Waals surface area contributed by atoms with E-state index >= 15 is 0 Å². The molecule has 0 saturated carbocycles. The molecule has 0 bridgehead atoms. The van der Waals surface area contributed by atoms with Crippen LogP contribution in [0.4, 0.5) is 10.5 Å². The molecule has 2 aromatic carbocycles. The summed E-state index contributed by atoms with van der Waals surface area (Å²) in [6.45, 7) is 2.63. The van der Waals surface area contributed by atoms with Crippen molar-refractivity contribution in [1.29, 1.82) is 0 Å². The average molecular weight is 369 g/mol. The number of hydrogen-bond acceptors (Lipinski definition) is 4. The van der Waals surface area contributed by atoms with Gasteiger partial charge in [-0.05, 0) is 48.6 Å². The zero-order valence-corrected chi connectivity index (χ0v) is 15.4. The zero-order valence-electron chi connectivity index (χ0n) is 15.4. The summed E-state index contributed by atoms with van der Waals surface area (Å²) in [6, 6.07) is 14.6. The first-order valence-corrected chi connectivity index (χ1v) is 9.45. The minimum absolute atomic E-state index is 0.0921. The molecule has 1 aliphatic heterocycles. The van der Waals surface area contributed by atoms with Crippen molar-refractivity contribution >= 4 is 11.7 Å². The molecule has 0 radical (unpaired) electrons. The number of carbonyl (C=O) groups is 1. The van der Waals surface area contributed by atoms with Gasteiger partial charge in [0.1, 0.15) is 5.75 Å². The smallest absolute Gasteiger partial charge is 0.314 e. The van der Waals surface area contributed by atoms with Crippen molar-refractivity contribution in [2.24, 2.45) is 0 Å². The minimum Gasteiger partial charge on any atom is -0.508 e. The van der Waals surface area contributed by atoms with Crippen molar-refractivity contribution in [3.05, 3.63) is 59.7 Å². The lowest BCUT2D eigenvalue weighted by atomic mass is 10.0. The maximum Gasteiger partial charge on any atom is 0.314 e. The molecule has 27 heavy (non-hydrogen) atoms. The van der Waals surface area contributed by atoms with Crippen LogP contribution in [0.25, 0.3) is 0 Å². The van der Waals surface area contributed by atoms with Crippen LogP contribution in [0.3, 0.4) is 0 Å². The van der Waals surface area contributed by atoms with Gasteiger partial charge < -0.3 is 25.7 Å². The molecule has 2 amide bonds. The van der Waals surface area contributed by atoms with E-state index in [1.807, 2.05) is 0 Å². The fraction of sp³-hybridized carbons (Fsp3) is 0.381. The van der Waals surface area contributed by atoms with Gasteiger partial charge in [-0.15, -0.1) is 0 Å². The molecule has 0 saturated heterocycles. The third kappa shape index (κ3) is 5.37. The van der Waals surface area contributed by atoms with E-state index in [0.717, 1.165) is 32.4 Å². The first-order chi connectivity index (χ1) is 13.1. The summed E-state index contributed by atoms with van der Waals surface area (Å²) in [5.41, 5.74) is 3.27. The van der Waals surface area contributed by atoms with Crippen molar-refractivity contribution in [1.82, 2.24) is 10.6 Å². The summed E-state index contributed by atoms with van der Waals surface area (Å²) in [5.74, 6) is 0.0929. The van der Waals surface area contributed by atoms with Crippen LogP contribution in [-0.4, -0.2) is 42.4 Å². The Hall–Kier alpha value is -2.73. The average Bonchev–Trinajstić information content (AvgIpc) is 2.69. The highest BCUT2D eigenvalue weighted by Crippen LogP contribution is 2.26. The molecule has 6 nitrogen and oxygen atoms in total. The molecule has 4 N–H and O–H groups in total. The Bertz CT molecular complexity index is 766. The predicted octanol–water partition coefficient (Wildman–Crippen LogP) is 2.57. The summed E-state index contributed by atoms with van der Waals surface area (Å²) in [4.78, 5) is 14.3. The molecule has 144 valence electrons. The lowest BCUT2D eigenvalue weighted by molar-refractivity contribution is 0.173. The second kappa shape index (κ2) is 9.28. The number of phenolic OH excluding ortho intramolecular Hbond substituents is 1. The number of carbonyl (C=O) groups excluding carboxylic acids is 1. The number of aromatic hydroxyl groups is 1. The monoisotopic (exact) mass is 369 g/mol. The summed E-state index contributed by atoms with van der Waals surface area (Å²) in [6.07, 6.45) is 2.30. The number of nitrogens with one attached hydrogen (secondary N) is 2. The number of benzene rings is 2. The Kier molecular flexibility index (Phi) is 6.54. The van der Waals surface area contributed by atoms with Gasteiger partial charge in [-0.25, -0.2) is 4.79 Å². The number of hydrogen-bond donors (Lipinski definition) is 4. The number of urea groups is 1. The molecule has 0 aliphatic carbocycles. The third-order valence-electron chi connectivity index (χ3n) is 4.81. The number of rotatable bonds is 7. The number of aliphatic hydroxyl groups is 1. The summed E-state index contributed by atoms with van der Waals surface area (Å²) in [5, 5.41) is 25.0. The number of aliphatic hydroxyl groups excluding tert-OH is 1. The number of phenols is 1. The first kappa shape index (κ1) is 19.0. The van der Waals surface area contributed by atoms with Gasteiger partial charge in [-0.1, -0.05) is 30.3 Å². The number of aryl methyl sites for hydroxylation is 1. The molecular formula is C21H27N3O3. The molecule has 2 aromatic rings. The summed E-state index contributed by atoms with van der Waals surface area (Å²) >= 11 is 0. The normalized spacial score (nSPS) is 14.3. The number of para-hydroxylation sites is 1. The van der Waals surface area contributed by atoms with E-state index in [4.69, 9.17) is 0 Å². The molecule has 1 atom stereocenters. The SMILES string of the molecule is O=C(NCCCN1CCCc2ccccc21)NC[C@@H](O)c1cccc(O)c1. The summed E-state index contributed by atoms with van der Waals surface area (Å²) in [7, 11) is 0. The molecule has 3 rings (SSSR count). The van der Waals surface area contributed by atoms with Crippen LogP contribution >= 0.6 is 0 Å². The van der Waals surface area contributed by atoms with E-state index in [1.165, 1.54) is 23.4 Å². The standard InChI is InChI=1S/C21H27N3O3/c25-18-9-3-7-17(14-18)20(26)15-23-21(27)22-11-5-13-24-12-4-8-16-6-1-2-10-19(16)24/h1-3,6-7,9-10,14,20,25-26H,4-5,8,11-13,15H2,(H2,22,23,27)/t20-/m1/s1. The van der Waals surface area contributed by atoms with Gasteiger partial charge in [-0.3, -0.25) is 0 Å². The maximum absolute atomic E-state index is 11.9. The largest absolute Gasteiger partial charge is 0.508 e. The van der Waals surface area contributed by atoms with Crippen molar-refractivity contribution in [3.8, 4) is 5.75 Å². The second-order valence-corrected chi connectivity index (χ2v) is 6.82. The van der Waals surface area contributed by atoms with Gasteiger partial charge in [-0.2, -0.15) is 0 Å². The topological polar surface area (TPSA) is 84.8 Å². The number of anilines is 1. The number of amides is 2. The van der Waals surface area contributed by atoms with Gasteiger partial charge in [0.15, 0.2) is 0 Å². The highest BCUT2D eigenvalue weighted by atomic mass is 16.3. The molecule has 0 spiro atoms. The van der Waals surface area contributed by atoms with Crippen molar-refractivity contribution < 1.29 is 15.0 Å². The predicted molar refractivity (Wildman–Crippen MR) is 106 cm³/mol. The minimum atomic E-state index is -0.854. The van der Waals surface area contributed by atoms with E-state index in [-0.39, 0.29) is 18.3 Å². The van der Waals surface area contributed by atoms with Gasteiger partial charge >= 0.3 is 6.03 Å². The van der Waals surface area contributed by atoms with Crippen LogP contribution < -0.4 is 15.5 Å². The van der Waals surface area contributed by atoms with E-state index in [9.17, 15) is 15.0 Å².